The minimum absolute atomic E-state index is 0.638. The average molecular weight is 208 g/mol. The summed E-state index contributed by atoms with van der Waals surface area (Å²) in [6.45, 7) is 6.40. The van der Waals surface area contributed by atoms with Crippen LogP contribution in [0, 0.1) is 13.8 Å². The van der Waals surface area contributed by atoms with Crippen molar-refractivity contribution in [1.82, 2.24) is 9.78 Å². The van der Waals surface area contributed by atoms with Gasteiger partial charge in [0.15, 0.2) is 0 Å². The quantitative estimate of drug-likeness (QED) is 0.693. The molecule has 0 atom stereocenters. The molecule has 1 aromatic rings. The molecule has 1 heterocycles. The molecule has 82 valence electrons. The molecule has 14 heavy (non-hydrogen) atoms. The Morgan fingerprint density at radius 2 is 1.79 bits per heavy atom. The predicted octanol–water partition coefficient (Wildman–Crippen LogP) is 3.09. The normalized spacial score (nSPS) is 10.8. The average Bonchev–Trinajstić information content (AvgIpc) is 2.31. The highest BCUT2D eigenvalue weighted by atomic mass is 19.4. The summed E-state index contributed by atoms with van der Waals surface area (Å²) in [5.41, 5.74) is 1.42. The summed E-state index contributed by atoms with van der Waals surface area (Å²) >= 11 is 0. The Labute approximate surface area is 81.7 Å². The molecule has 0 unspecified atom stereocenters. The van der Waals surface area contributed by atoms with E-state index in [0.717, 1.165) is 10.2 Å². The molecule has 1 aromatic heterocycles. The highest BCUT2D eigenvalue weighted by Crippen LogP contribution is 2.17. The summed E-state index contributed by atoms with van der Waals surface area (Å²) in [4.78, 5) is 0. The van der Waals surface area contributed by atoms with E-state index in [2.05, 4.69) is 5.10 Å². The van der Waals surface area contributed by atoms with Crippen molar-refractivity contribution in [3.63, 3.8) is 0 Å². The summed E-state index contributed by atoms with van der Waals surface area (Å²) in [6.07, 6.45) is -2.80. The van der Waals surface area contributed by atoms with Crippen LogP contribution in [0.2, 0.25) is 0 Å². The fraction of sp³-hybridized carbons (Fsp3) is 0.667. The lowest BCUT2D eigenvalue weighted by atomic mass is 10.3. The van der Waals surface area contributed by atoms with Gasteiger partial charge in [0.05, 0.1) is 5.69 Å². The van der Waals surface area contributed by atoms with E-state index in [1.807, 2.05) is 13.8 Å². The number of hydrogen-bond donors (Lipinski definition) is 0. The van der Waals surface area contributed by atoms with Crippen molar-refractivity contribution in [2.45, 2.75) is 40.4 Å². The van der Waals surface area contributed by atoms with Crippen molar-refractivity contribution in [1.29, 1.82) is 0 Å². The van der Waals surface area contributed by atoms with Gasteiger partial charge < -0.3 is 0 Å². The van der Waals surface area contributed by atoms with Crippen molar-refractivity contribution in [2.75, 3.05) is 0 Å². The summed E-state index contributed by atoms with van der Waals surface area (Å²) in [6, 6.07) is 0. The first-order chi connectivity index (χ1) is 6.38. The van der Waals surface area contributed by atoms with Crippen LogP contribution in [0.4, 0.5) is 13.2 Å². The second-order valence-electron chi connectivity index (χ2n) is 2.71. The Kier molecular flexibility index (Phi) is 4.67. The topological polar surface area (TPSA) is 17.8 Å². The minimum Gasteiger partial charge on any atom is -0.263 e. The van der Waals surface area contributed by atoms with Crippen LogP contribution in [0.5, 0.6) is 0 Å². The molecular weight excluding hydrogens is 193 g/mol. The molecule has 0 bridgehead atoms. The molecule has 0 aliphatic heterocycles. The molecule has 2 nitrogen and oxygen atoms in total. The van der Waals surface area contributed by atoms with Crippen LogP contribution >= 0.6 is 0 Å². The van der Waals surface area contributed by atoms with Crippen LogP contribution in [0.1, 0.15) is 25.1 Å². The molecule has 0 saturated carbocycles. The van der Waals surface area contributed by atoms with Crippen LogP contribution in [-0.4, -0.2) is 16.0 Å². The van der Waals surface area contributed by atoms with E-state index in [1.54, 1.807) is 13.8 Å². The Hall–Kier alpha value is -1.00. The smallest absolute Gasteiger partial charge is 0.263 e. The second kappa shape index (κ2) is 5.02. The number of alkyl halides is 3. The van der Waals surface area contributed by atoms with E-state index >= 15 is 0 Å². The van der Waals surface area contributed by atoms with Gasteiger partial charge in [0.1, 0.15) is 6.54 Å². The molecule has 0 aliphatic carbocycles. The maximum atomic E-state index is 11.8. The van der Waals surface area contributed by atoms with Gasteiger partial charge in [-0.25, -0.2) is 0 Å². The lowest BCUT2D eigenvalue weighted by molar-refractivity contribution is -0.142. The standard InChI is InChI=1S/C7H9F3N2.C2H6/c1-5-3-12(11-6(5)2)4-7(8,9)10;1-2/h3H,4H2,1-2H3;1-2H3. The third-order valence-electron chi connectivity index (χ3n) is 1.53. The molecule has 0 aromatic carbocycles. The highest BCUT2D eigenvalue weighted by molar-refractivity contribution is 5.12. The zero-order chi connectivity index (χ0) is 11.4. The highest BCUT2D eigenvalue weighted by Gasteiger charge is 2.28. The first-order valence-corrected chi connectivity index (χ1v) is 4.46. The Bertz CT molecular complexity index is 257. The Balaban J connectivity index is 0.000000791. The van der Waals surface area contributed by atoms with E-state index in [-0.39, 0.29) is 0 Å². The molecule has 0 radical (unpaired) electrons. The van der Waals surface area contributed by atoms with Crippen LogP contribution in [0.3, 0.4) is 0 Å². The maximum Gasteiger partial charge on any atom is 0.408 e. The van der Waals surface area contributed by atoms with Gasteiger partial charge >= 0.3 is 6.18 Å². The number of nitrogens with zero attached hydrogens (tertiary/aromatic N) is 2. The molecule has 0 amide bonds. The maximum absolute atomic E-state index is 11.8. The molecule has 0 N–H and O–H groups in total. The van der Waals surface area contributed by atoms with Crippen molar-refractivity contribution >= 4 is 0 Å². The van der Waals surface area contributed by atoms with Crippen molar-refractivity contribution in [3.8, 4) is 0 Å². The number of aryl methyl sites for hydroxylation is 2. The molecule has 5 heteroatoms. The third-order valence-corrected chi connectivity index (χ3v) is 1.53. The first kappa shape index (κ1) is 13.0. The number of aromatic nitrogens is 2. The van der Waals surface area contributed by atoms with E-state index in [4.69, 9.17) is 0 Å². The van der Waals surface area contributed by atoms with Gasteiger partial charge in [0.2, 0.25) is 0 Å². The number of rotatable bonds is 1. The molecule has 0 aliphatic rings. The van der Waals surface area contributed by atoms with Crippen LogP contribution in [0.15, 0.2) is 6.20 Å². The fourth-order valence-corrected chi connectivity index (χ4v) is 0.882. The van der Waals surface area contributed by atoms with E-state index in [1.165, 1.54) is 6.20 Å². The monoisotopic (exact) mass is 208 g/mol. The molecule has 0 fully saturated rings. The zero-order valence-corrected chi connectivity index (χ0v) is 8.81. The zero-order valence-electron chi connectivity index (χ0n) is 8.81. The summed E-state index contributed by atoms with van der Waals surface area (Å²) in [7, 11) is 0. The molecule has 0 saturated heterocycles. The van der Waals surface area contributed by atoms with E-state index < -0.39 is 12.7 Å². The SMILES string of the molecule is CC.Cc1cn(CC(F)(F)F)nc1C. The van der Waals surface area contributed by atoms with Crippen LogP contribution in [0.25, 0.3) is 0 Å². The first-order valence-electron chi connectivity index (χ1n) is 4.46. The van der Waals surface area contributed by atoms with E-state index in [0.29, 0.717) is 5.69 Å². The lowest BCUT2D eigenvalue weighted by Crippen LogP contribution is -2.17. The summed E-state index contributed by atoms with van der Waals surface area (Å²) < 4.78 is 36.4. The number of hydrogen-bond acceptors (Lipinski definition) is 1. The van der Waals surface area contributed by atoms with E-state index in [9.17, 15) is 13.2 Å². The van der Waals surface area contributed by atoms with Gasteiger partial charge in [-0.15, -0.1) is 0 Å². The summed E-state index contributed by atoms with van der Waals surface area (Å²) in [5, 5.41) is 3.69. The van der Waals surface area contributed by atoms with Gasteiger partial charge in [-0.2, -0.15) is 18.3 Å². The predicted molar refractivity (Wildman–Crippen MR) is 49.1 cm³/mol. The van der Waals surface area contributed by atoms with Gasteiger partial charge in [0.25, 0.3) is 0 Å². The molecule has 0 spiro atoms. The van der Waals surface area contributed by atoms with Gasteiger partial charge in [-0.1, -0.05) is 13.8 Å². The largest absolute Gasteiger partial charge is 0.408 e. The Morgan fingerprint density at radius 1 is 1.29 bits per heavy atom. The van der Waals surface area contributed by atoms with Crippen LogP contribution in [-0.2, 0) is 6.54 Å². The summed E-state index contributed by atoms with van der Waals surface area (Å²) in [5.74, 6) is 0. The lowest BCUT2D eigenvalue weighted by Gasteiger charge is -2.04. The molecular formula is C9H15F3N2. The van der Waals surface area contributed by atoms with Crippen molar-refractivity contribution in [3.05, 3.63) is 17.5 Å². The second-order valence-corrected chi connectivity index (χ2v) is 2.71. The Morgan fingerprint density at radius 3 is 2.07 bits per heavy atom. The third kappa shape index (κ3) is 4.30. The minimum atomic E-state index is -4.19. The van der Waals surface area contributed by atoms with Crippen molar-refractivity contribution < 1.29 is 13.2 Å². The van der Waals surface area contributed by atoms with Gasteiger partial charge in [-0.05, 0) is 19.4 Å². The van der Waals surface area contributed by atoms with Crippen LogP contribution < -0.4 is 0 Å². The van der Waals surface area contributed by atoms with Gasteiger partial charge in [-0.3, -0.25) is 4.68 Å². The fourth-order valence-electron chi connectivity index (χ4n) is 0.882. The number of halogens is 3. The van der Waals surface area contributed by atoms with Gasteiger partial charge in [0, 0.05) is 6.20 Å². The van der Waals surface area contributed by atoms with Crippen molar-refractivity contribution in [2.24, 2.45) is 0 Å². The molecule has 1 rings (SSSR count).